The third kappa shape index (κ3) is 6.16. The fourth-order valence-electron chi connectivity index (χ4n) is 2.25. The van der Waals surface area contributed by atoms with Crippen LogP contribution in [-0.4, -0.2) is 27.4 Å². The van der Waals surface area contributed by atoms with Crippen LogP contribution in [0.25, 0.3) is 0 Å². The Morgan fingerprint density at radius 3 is 1.73 bits per heavy atom. The van der Waals surface area contributed by atoms with E-state index in [0.29, 0.717) is 17.8 Å². The quantitative estimate of drug-likeness (QED) is 0.620. The van der Waals surface area contributed by atoms with Gasteiger partial charge in [-0.2, -0.15) is 0 Å². The summed E-state index contributed by atoms with van der Waals surface area (Å²) in [7, 11) is 3.58. The second-order valence-electron chi connectivity index (χ2n) is 5.21. The summed E-state index contributed by atoms with van der Waals surface area (Å²) in [5.74, 6) is 2.61. The maximum absolute atomic E-state index is 5.33. The Hall–Kier alpha value is -0.0800. The second kappa shape index (κ2) is 8.12. The van der Waals surface area contributed by atoms with E-state index in [0.717, 1.165) is 19.1 Å². The Bertz CT molecular complexity index is 143. The topological polar surface area (TPSA) is 18.5 Å². The van der Waals surface area contributed by atoms with Gasteiger partial charge in [0.1, 0.15) is 0 Å². The lowest BCUT2D eigenvalue weighted by molar-refractivity contribution is 0.0390. The number of methoxy groups -OCH3 is 2. The van der Waals surface area contributed by atoms with Gasteiger partial charge in [0.15, 0.2) is 0 Å². The average molecular weight is 216 g/mol. The molecule has 0 bridgehead atoms. The largest absolute Gasteiger partial charge is 0.384 e. The maximum atomic E-state index is 5.33. The van der Waals surface area contributed by atoms with E-state index >= 15 is 0 Å². The van der Waals surface area contributed by atoms with Crippen LogP contribution < -0.4 is 0 Å². The molecule has 0 radical (unpaired) electrons. The van der Waals surface area contributed by atoms with E-state index in [1.165, 1.54) is 6.42 Å². The molecule has 92 valence electrons. The van der Waals surface area contributed by atoms with Gasteiger partial charge in [0.2, 0.25) is 0 Å². The van der Waals surface area contributed by atoms with Crippen molar-refractivity contribution in [1.29, 1.82) is 0 Å². The molecule has 0 aliphatic carbocycles. The maximum Gasteiger partial charge on any atom is 0.0496 e. The summed E-state index contributed by atoms with van der Waals surface area (Å²) in [6, 6.07) is 0. The van der Waals surface area contributed by atoms with Gasteiger partial charge >= 0.3 is 0 Å². The number of hydrogen-bond acceptors (Lipinski definition) is 2. The molecular weight excluding hydrogens is 188 g/mol. The number of rotatable bonds is 8. The summed E-state index contributed by atoms with van der Waals surface area (Å²) in [5.41, 5.74) is 0. The molecule has 2 unspecified atom stereocenters. The average Bonchev–Trinajstić information content (AvgIpc) is 2.12. The van der Waals surface area contributed by atoms with Crippen LogP contribution in [-0.2, 0) is 9.47 Å². The van der Waals surface area contributed by atoms with Gasteiger partial charge in [-0.15, -0.1) is 0 Å². The molecule has 2 heteroatoms. The molecular formula is C13H28O2. The van der Waals surface area contributed by atoms with Crippen molar-refractivity contribution in [3.05, 3.63) is 0 Å². The molecule has 0 amide bonds. The summed E-state index contributed by atoms with van der Waals surface area (Å²) >= 11 is 0. The lowest BCUT2D eigenvalue weighted by atomic mass is 9.80. The monoisotopic (exact) mass is 216 g/mol. The van der Waals surface area contributed by atoms with Crippen LogP contribution in [0.15, 0.2) is 0 Å². The molecule has 0 aromatic rings. The highest BCUT2D eigenvalue weighted by Gasteiger charge is 2.25. The molecule has 0 aliphatic rings. The molecule has 0 fully saturated rings. The Kier molecular flexibility index (Phi) is 8.07. The number of ether oxygens (including phenoxy) is 2. The van der Waals surface area contributed by atoms with Crippen molar-refractivity contribution in [1.82, 2.24) is 0 Å². The zero-order chi connectivity index (χ0) is 11.8. The van der Waals surface area contributed by atoms with Crippen molar-refractivity contribution in [3.8, 4) is 0 Å². The van der Waals surface area contributed by atoms with E-state index in [9.17, 15) is 0 Å². The predicted octanol–water partition coefficient (Wildman–Crippen LogP) is 3.21. The van der Waals surface area contributed by atoms with Crippen molar-refractivity contribution >= 4 is 0 Å². The highest BCUT2D eigenvalue weighted by atomic mass is 16.5. The van der Waals surface area contributed by atoms with Gasteiger partial charge in [-0.3, -0.25) is 0 Å². The molecule has 0 saturated heterocycles. The molecule has 15 heavy (non-hydrogen) atoms. The van der Waals surface area contributed by atoms with E-state index in [-0.39, 0.29) is 0 Å². The summed E-state index contributed by atoms with van der Waals surface area (Å²) in [6.07, 6.45) is 1.22. The van der Waals surface area contributed by atoms with Gasteiger partial charge in [-0.1, -0.05) is 27.7 Å². The fourth-order valence-corrected chi connectivity index (χ4v) is 2.25. The smallest absolute Gasteiger partial charge is 0.0496 e. The standard InChI is InChI=1S/C13H28O2/c1-10(2)7-12(8-14-5)13(9-15-6)11(3)4/h10-13H,7-9H2,1-6H3. The Balaban J connectivity index is 4.36. The highest BCUT2D eigenvalue weighted by molar-refractivity contribution is 4.73. The van der Waals surface area contributed by atoms with Gasteiger partial charge in [0.25, 0.3) is 0 Å². The molecule has 0 spiro atoms. The van der Waals surface area contributed by atoms with Crippen molar-refractivity contribution in [2.45, 2.75) is 34.1 Å². The van der Waals surface area contributed by atoms with Gasteiger partial charge in [-0.05, 0) is 30.1 Å². The normalized spacial score (nSPS) is 16.0. The Labute approximate surface area is 95.3 Å². The lowest BCUT2D eigenvalue weighted by Gasteiger charge is -2.30. The van der Waals surface area contributed by atoms with E-state index in [1.54, 1.807) is 14.2 Å². The van der Waals surface area contributed by atoms with Crippen LogP contribution in [0.5, 0.6) is 0 Å². The lowest BCUT2D eigenvalue weighted by Crippen LogP contribution is -2.29. The minimum absolute atomic E-state index is 0.609. The van der Waals surface area contributed by atoms with Crippen LogP contribution in [0.4, 0.5) is 0 Å². The summed E-state index contributed by atoms with van der Waals surface area (Å²) in [4.78, 5) is 0. The number of hydrogen-bond donors (Lipinski definition) is 0. The molecule has 0 aliphatic heterocycles. The van der Waals surface area contributed by atoms with E-state index in [2.05, 4.69) is 27.7 Å². The molecule has 0 N–H and O–H groups in total. The van der Waals surface area contributed by atoms with Gasteiger partial charge in [0.05, 0.1) is 0 Å². The Morgan fingerprint density at radius 2 is 1.40 bits per heavy atom. The van der Waals surface area contributed by atoms with Gasteiger partial charge < -0.3 is 9.47 Å². The summed E-state index contributed by atoms with van der Waals surface area (Å²) in [5, 5.41) is 0. The van der Waals surface area contributed by atoms with Gasteiger partial charge in [-0.25, -0.2) is 0 Å². The second-order valence-corrected chi connectivity index (χ2v) is 5.21. The molecule has 2 atom stereocenters. The molecule has 0 heterocycles. The first-order valence-corrected chi connectivity index (χ1v) is 6.00. The van der Waals surface area contributed by atoms with Gasteiger partial charge in [0, 0.05) is 27.4 Å². The molecule has 0 rings (SSSR count). The SMILES string of the molecule is COCC(CC(C)C)C(COC)C(C)C. The minimum atomic E-state index is 0.609. The van der Waals surface area contributed by atoms with Crippen molar-refractivity contribution in [2.75, 3.05) is 27.4 Å². The van der Waals surface area contributed by atoms with E-state index in [4.69, 9.17) is 9.47 Å². The molecule has 0 aromatic heterocycles. The Morgan fingerprint density at radius 1 is 0.867 bits per heavy atom. The van der Waals surface area contributed by atoms with Crippen molar-refractivity contribution in [3.63, 3.8) is 0 Å². The van der Waals surface area contributed by atoms with Crippen LogP contribution in [0.2, 0.25) is 0 Å². The van der Waals surface area contributed by atoms with E-state index < -0.39 is 0 Å². The van der Waals surface area contributed by atoms with Crippen LogP contribution in [0.1, 0.15) is 34.1 Å². The zero-order valence-corrected chi connectivity index (χ0v) is 11.2. The van der Waals surface area contributed by atoms with Crippen molar-refractivity contribution in [2.24, 2.45) is 23.7 Å². The zero-order valence-electron chi connectivity index (χ0n) is 11.2. The van der Waals surface area contributed by atoms with Crippen LogP contribution in [0.3, 0.4) is 0 Å². The highest BCUT2D eigenvalue weighted by Crippen LogP contribution is 2.27. The first-order chi connectivity index (χ1) is 7.02. The fraction of sp³-hybridized carbons (Fsp3) is 1.00. The van der Waals surface area contributed by atoms with Crippen molar-refractivity contribution < 1.29 is 9.47 Å². The molecule has 0 saturated carbocycles. The third-order valence-corrected chi connectivity index (χ3v) is 2.98. The predicted molar refractivity (Wildman–Crippen MR) is 65.0 cm³/mol. The van der Waals surface area contributed by atoms with Crippen LogP contribution >= 0.6 is 0 Å². The van der Waals surface area contributed by atoms with Crippen LogP contribution in [0, 0.1) is 23.7 Å². The van der Waals surface area contributed by atoms with E-state index in [1.807, 2.05) is 0 Å². The molecule has 0 aromatic carbocycles. The summed E-state index contributed by atoms with van der Waals surface area (Å²) < 4.78 is 10.6. The summed E-state index contributed by atoms with van der Waals surface area (Å²) in [6.45, 7) is 10.8. The third-order valence-electron chi connectivity index (χ3n) is 2.98. The minimum Gasteiger partial charge on any atom is -0.384 e. The molecule has 2 nitrogen and oxygen atoms in total. The first kappa shape index (κ1) is 14.9. The first-order valence-electron chi connectivity index (χ1n) is 6.00.